The van der Waals surface area contributed by atoms with Gasteiger partial charge in [-0.1, -0.05) is 0 Å². The Morgan fingerprint density at radius 1 is 1.32 bits per heavy atom. The Balaban J connectivity index is 1.70. The summed E-state index contributed by atoms with van der Waals surface area (Å²) in [6, 6.07) is 0.995. The van der Waals surface area contributed by atoms with Crippen LogP contribution in [-0.2, 0) is 4.79 Å². The lowest BCUT2D eigenvalue weighted by atomic mass is 9.91. The van der Waals surface area contributed by atoms with Gasteiger partial charge in [0.25, 0.3) is 5.91 Å². The number of hydrogen-bond acceptors (Lipinski definition) is 3. The van der Waals surface area contributed by atoms with Crippen LogP contribution >= 0.6 is 0 Å². The van der Waals surface area contributed by atoms with Crippen LogP contribution in [0.1, 0.15) is 46.0 Å². The van der Waals surface area contributed by atoms with Crippen molar-refractivity contribution in [1.29, 1.82) is 0 Å². The molecule has 1 amide bonds. The summed E-state index contributed by atoms with van der Waals surface area (Å²) in [5.74, 6) is 0.836. The lowest BCUT2D eigenvalue weighted by Gasteiger charge is -2.26. The van der Waals surface area contributed by atoms with E-state index < -0.39 is 5.54 Å². The number of nitrogens with zero attached hydrogens (tertiary/aromatic N) is 2. The maximum Gasteiger partial charge on any atom is 0.252 e. The molecule has 1 unspecified atom stereocenters. The van der Waals surface area contributed by atoms with Crippen LogP contribution in [0.2, 0.25) is 0 Å². The molecule has 0 aromatic heterocycles. The molecule has 1 aliphatic carbocycles. The van der Waals surface area contributed by atoms with E-state index in [1.54, 1.807) is 0 Å². The predicted octanol–water partition coefficient (Wildman–Crippen LogP) is 0.857. The van der Waals surface area contributed by atoms with Crippen LogP contribution in [0.3, 0.4) is 0 Å². The van der Waals surface area contributed by atoms with Crippen molar-refractivity contribution in [1.82, 2.24) is 15.5 Å². The molecule has 2 aliphatic heterocycles. The van der Waals surface area contributed by atoms with Crippen LogP contribution in [0.5, 0.6) is 0 Å². The van der Waals surface area contributed by atoms with E-state index in [1.165, 1.54) is 0 Å². The topological polar surface area (TPSA) is 56.7 Å². The Hall–Kier alpha value is -1.10. The number of carbonyl (C=O) groups excluding carboxylic acids is 1. The quantitative estimate of drug-likeness (QED) is 0.777. The fraction of sp³-hybridized carbons (Fsp3) is 0.857. The zero-order valence-electron chi connectivity index (χ0n) is 11.9. The average Bonchev–Trinajstić information content (AvgIpc) is 3.11. The number of amides is 1. The molecule has 0 bridgehead atoms. The van der Waals surface area contributed by atoms with Gasteiger partial charge in [0.05, 0.1) is 6.04 Å². The third kappa shape index (κ3) is 2.61. The minimum Gasteiger partial charge on any atom is -0.342 e. The highest BCUT2D eigenvalue weighted by molar-refractivity contribution is 6.09. The lowest BCUT2D eigenvalue weighted by Crippen LogP contribution is -2.47. The summed E-state index contributed by atoms with van der Waals surface area (Å²) in [5, 5.41) is 6.33. The molecule has 0 aromatic carbocycles. The van der Waals surface area contributed by atoms with Crippen LogP contribution < -0.4 is 10.6 Å². The van der Waals surface area contributed by atoms with Crippen LogP contribution in [0.4, 0.5) is 0 Å². The minimum atomic E-state index is -0.405. The third-order valence-corrected chi connectivity index (χ3v) is 4.49. The zero-order valence-corrected chi connectivity index (χ0v) is 11.9. The molecule has 5 heteroatoms. The molecule has 19 heavy (non-hydrogen) atoms. The van der Waals surface area contributed by atoms with Crippen molar-refractivity contribution in [3.63, 3.8) is 0 Å². The highest BCUT2D eigenvalue weighted by atomic mass is 16.2. The van der Waals surface area contributed by atoms with Gasteiger partial charge in [0.1, 0.15) is 5.54 Å². The minimum absolute atomic E-state index is 0.123. The number of hydrogen-bond donors (Lipinski definition) is 2. The first-order valence-corrected chi connectivity index (χ1v) is 7.50. The number of carbonyl (C=O) groups is 1. The molecule has 0 radical (unpaired) electrons. The van der Waals surface area contributed by atoms with Gasteiger partial charge in [-0.3, -0.25) is 10.1 Å². The lowest BCUT2D eigenvalue weighted by molar-refractivity contribution is -0.124. The normalized spacial score (nSPS) is 34.7. The van der Waals surface area contributed by atoms with Gasteiger partial charge >= 0.3 is 0 Å². The molecule has 1 spiro atoms. The highest BCUT2D eigenvalue weighted by Gasteiger charge is 2.46. The molecule has 1 atom stereocenters. The maximum absolute atomic E-state index is 12.3. The molecule has 3 aliphatic rings. The summed E-state index contributed by atoms with van der Waals surface area (Å²) in [6.07, 6.45) is 5.17. The van der Waals surface area contributed by atoms with E-state index in [2.05, 4.69) is 34.4 Å². The van der Waals surface area contributed by atoms with Gasteiger partial charge in [-0.2, -0.15) is 0 Å². The zero-order chi connectivity index (χ0) is 13.5. The standard InChI is InChI=1S/C14H24N4O/c1-10(2)18-8-3-6-14(7-9-18)12(19)16-13(17-14)15-11-4-5-11/h10-11H,3-9H2,1-2H3,(H2,15,16,17,19). The summed E-state index contributed by atoms with van der Waals surface area (Å²) in [4.78, 5) is 19.3. The summed E-state index contributed by atoms with van der Waals surface area (Å²) >= 11 is 0. The summed E-state index contributed by atoms with van der Waals surface area (Å²) in [7, 11) is 0. The predicted molar refractivity (Wildman–Crippen MR) is 75.0 cm³/mol. The SMILES string of the molecule is CC(C)N1CCCC2(CC1)NC(=NC1CC1)NC2=O. The Bertz CT molecular complexity index is 402. The molecular formula is C14H24N4O. The molecule has 2 heterocycles. The molecule has 2 N–H and O–H groups in total. The molecule has 1 saturated carbocycles. The van der Waals surface area contributed by atoms with Crippen molar-refractivity contribution in [3.05, 3.63) is 0 Å². The smallest absolute Gasteiger partial charge is 0.252 e. The molecular weight excluding hydrogens is 240 g/mol. The van der Waals surface area contributed by atoms with Crippen molar-refractivity contribution in [3.8, 4) is 0 Å². The summed E-state index contributed by atoms with van der Waals surface area (Å²) < 4.78 is 0. The van der Waals surface area contributed by atoms with E-state index >= 15 is 0 Å². The number of guanidine groups is 1. The van der Waals surface area contributed by atoms with Crippen LogP contribution in [0.15, 0.2) is 4.99 Å². The Morgan fingerprint density at radius 3 is 2.79 bits per heavy atom. The number of rotatable bonds is 2. The first kappa shape index (κ1) is 12.9. The number of nitrogens with one attached hydrogen (secondary N) is 2. The van der Waals surface area contributed by atoms with E-state index in [0.717, 1.165) is 45.2 Å². The highest BCUT2D eigenvalue weighted by Crippen LogP contribution is 2.28. The van der Waals surface area contributed by atoms with Gasteiger partial charge < -0.3 is 10.2 Å². The largest absolute Gasteiger partial charge is 0.342 e. The third-order valence-electron chi connectivity index (χ3n) is 4.49. The van der Waals surface area contributed by atoms with E-state index in [9.17, 15) is 4.79 Å². The summed E-state index contributed by atoms with van der Waals surface area (Å²) in [5.41, 5.74) is -0.405. The first-order valence-electron chi connectivity index (χ1n) is 7.50. The van der Waals surface area contributed by atoms with Crippen molar-refractivity contribution in [2.75, 3.05) is 13.1 Å². The molecule has 106 valence electrons. The van der Waals surface area contributed by atoms with Crippen molar-refractivity contribution >= 4 is 11.9 Å². The fourth-order valence-electron chi connectivity index (χ4n) is 3.02. The molecule has 5 nitrogen and oxygen atoms in total. The van der Waals surface area contributed by atoms with E-state index in [1.807, 2.05) is 0 Å². The van der Waals surface area contributed by atoms with Gasteiger partial charge in [0.2, 0.25) is 0 Å². The molecule has 0 aromatic rings. The Labute approximate surface area is 114 Å². The van der Waals surface area contributed by atoms with Gasteiger partial charge in [0.15, 0.2) is 5.96 Å². The monoisotopic (exact) mass is 264 g/mol. The number of aliphatic imine (C=N–C) groups is 1. The molecule has 3 rings (SSSR count). The van der Waals surface area contributed by atoms with Crippen LogP contribution in [-0.4, -0.2) is 47.5 Å². The van der Waals surface area contributed by atoms with Crippen molar-refractivity contribution in [2.24, 2.45) is 4.99 Å². The average molecular weight is 264 g/mol. The van der Waals surface area contributed by atoms with Gasteiger partial charge in [-0.25, -0.2) is 4.99 Å². The van der Waals surface area contributed by atoms with Gasteiger partial charge in [-0.05, 0) is 52.5 Å². The Kier molecular flexibility index (Phi) is 3.25. The van der Waals surface area contributed by atoms with Gasteiger partial charge in [-0.15, -0.1) is 0 Å². The van der Waals surface area contributed by atoms with Crippen LogP contribution in [0, 0.1) is 0 Å². The maximum atomic E-state index is 12.3. The Morgan fingerprint density at radius 2 is 2.11 bits per heavy atom. The second-order valence-electron chi connectivity index (χ2n) is 6.35. The van der Waals surface area contributed by atoms with Crippen molar-refractivity contribution < 1.29 is 4.79 Å². The molecule has 2 saturated heterocycles. The van der Waals surface area contributed by atoms with Crippen LogP contribution in [0.25, 0.3) is 0 Å². The van der Waals surface area contributed by atoms with E-state index in [4.69, 9.17) is 0 Å². The number of likely N-dealkylation sites (tertiary alicyclic amines) is 1. The second-order valence-corrected chi connectivity index (χ2v) is 6.35. The summed E-state index contributed by atoms with van der Waals surface area (Å²) in [6.45, 7) is 6.51. The van der Waals surface area contributed by atoms with Gasteiger partial charge in [0, 0.05) is 12.6 Å². The molecule has 3 fully saturated rings. The van der Waals surface area contributed by atoms with Crippen molar-refractivity contribution in [2.45, 2.75) is 63.6 Å². The van der Waals surface area contributed by atoms with E-state index in [-0.39, 0.29) is 5.91 Å². The second kappa shape index (κ2) is 4.78. The first-order chi connectivity index (χ1) is 9.09. The van der Waals surface area contributed by atoms with E-state index in [0.29, 0.717) is 18.0 Å². The fourth-order valence-corrected chi connectivity index (χ4v) is 3.02.